The molecule has 0 radical (unpaired) electrons. The summed E-state index contributed by atoms with van der Waals surface area (Å²) < 4.78 is 0. The molecule has 76 valence electrons. The number of benzene rings is 2. The van der Waals surface area contributed by atoms with Gasteiger partial charge in [-0.25, -0.2) is 0 Å². The van der Waals surface area contributed by atoms with Crippen LogP contribution in [0.2, 0.25) is 5.02 Å². The number of carbonyl (C=O) groups excluding carboxylic acids is 1. The Balaban J connectivity index is 2.77. The zero-order valence-corrected chi connectivity index (χ0v) is 9.21. The SMILES string of the molecule is CCC(=O)c1cccc2c(Cl)cccc12. The van der Waals surface area contributed by atoms with Gasteiger partial charge in [0.15, 0.2) is 5.78 Å². The van der Waals surface area contributed by atoms with Gasteiger partial charge in [-0.15, -0.1) is 0 Å². The van der Waals surface area contributed by atoms with Gasteiger partial charge in [0, 0.05) is 22.4 Å². The zero-order chi connectivity index (χ0) is 10.8. The van der Waals surface area contributed by atoms with Crippen molar-refractivity contribution in [2.24, 2.45) is 0 Å². The number of carbonyl (C=O) groups is 1. The van der Waals surface area contributed by atoms with Gasteiger partial charge in [-0.1, -0.05) is 48.9 Å². The van der Waals surface area contributed by atoms with E-state index >= 15 is 0 Å². The molecule has 0 unspecified atom stereocenters. The fourth-order valence-corrected chi connectivity index (χ4v) is 1.94. The van der Waals surface area contributed by atoms with E-state index in [9.17, 15) is 4.79 Å². The standard InChI is InChI=1S/C13H11ClO/c1-2-13(15)11-7-3-6-10-9(11)5-4-8-12(10)14/h3-8H,2H2,1H3. The first-order valence-corrected chi connectivity index (χ1v) is 5.32. The number of ketones is 1. The highest BCUT2D eigenvalue weighted by Crippen LogP contribution is 2.26. The van der Waals surface area contributed by atoms with Crippen LogP contribution in [0.3, 0.4) is 0 Å². The molecule has 0 saturated heterocycles. The van der Waals surface area contributed by atoms with E-state index in [1.54, 1.807) is 0 Å². The molecule has 1 nitrogen and oxygen atoms in total. The highest BCUT2D eigenvalue weighted by molar-refractivity contribution is 6.36. The van der Waals surface area contributed by atoms with Crippen LogP contribution in [0.4, 0.5) is 0 Å². The molecule has 0 bridgehead atoms. The molecule has 0 heterocycles. The quantitative estimate of drug-likeness (QED) is 0.694. The minimum atomic E-state index is 0.155. The van der Waals surface area contributed by atoms with E-state index in [0.29, 0.717) is 11.4 Å². The van der Waals surface area contributed by atoms with E-state index in [4.69, 9.17) is 11.6 Å². The normalized spacial score (nSPS) is 10.5. The topological polar surface area (TPSA) is 17.1 Å². The molecule has 0 aromatic heterocycles. The molecule has 0 amide bonds. The van der Waals surface area contributed by atoms with Crippen LogP contribution in [0.15, 0.2) is 36.4 Å². The van der Waals surface area contributed by atoms with E-state index in [0.717, 1.165) is 16.3 Å². The lowest BCUT2D eigenvalue weighted by Gasteiger charge is -2.05. The van der Waals surface area contributed by atoms with Crippen LogP contribution in [0.1, 0.15) is 23.7 Å². The summed E-state index contributed by atoms with van der Waals surface area (Å²) in [5, 5.41) is 2.58. The number of rotatable bonds is 2. The fraction of sp³-hybridized carbons (Fsp3) is 0.154. The molecule has 2 aromatic carbocycles. The minimum Gasteiger partial charge on any atom is -0.294 e. The first-order chi connectivity index (χ1) is 7.24. The highest BCUT2D eigenvalue weighted by Gasteiger charge is 2.08. The summed E-state index contributed by atoms with van der Waals surface area (Å²) in [6, 6.07) is 11.3. The lowest BCUT2D eigenvalue weighted by atomic mass is 10.0. The predicted molar refractivity (Wildman–Crippen MR) is 63.6 cm³/mol. The van der Waals surface area contributed by atoms with Gasteiger partial charge >= 0.3 is 0 Å². The number of halogens is 1. The van der Waals surface area contributed by atoms with Crippen molar-refractivity contribution in [3.63, 3.8) is 0 Å². The van der Waals surface area contributed by atoms with Gasteiger partial charge in [0.25, 0.3) is 0 Å². The summed E-state index contributed by atoms with van der Waals surface area (Å²) in [7, 11) is 0. The maximum atomic E-state index is 11.7. The van der Waals surface area contributed by atoms with E-state index in [2.05, 4.69) is 0 Å². The summed E-state index contributed by atoms with van der Waals surface area (Å²) in [6.07, 6.45) is 0.519. The Labute approximate surface area is 93.7 Å². The Morgan fingerprint density at radius 3 is 2.53 bits per heavy atom. The molecule has 15 heavy (non-hydrogen) atoms. The van der Waals surface area contributed by atoms with Gasteiger partial charge in [0.1, 0.15) is 0 Å². The third-order valence-corrected chi connectivity index (χ3v) is 2.82. The minimum absolute atomic E-state index is 0.155. The van der Waals surface area contributed by atoms with Crippen molar-refractivity contribution >= 4 is 28.2 Å². The third-order valence-electron chi connectivity index (χ3n) is 2.49. The summed E-state index contributed by atoms with van der Waals surface area (Å²) >= 11 is 6.07. The second kappa shape index (κ2) is 4.03. The number of Topliss-reactive ketones (excluding diaryl/α,β-unsaturated/α-hetero) is 1. The summed E-state index contributed by atoms with van der Waals surface area (Å²) in [4.78, 5) is 11.7. The second-order valence-corrected chi connectivity index (χ2v) is 3.82. The van der Waals surface area contributed by atoms with Crippen LogP contribution in [0, 0.1) is 0 Å². The lowest BCUT2D eigenvalue weighted by Crippen LogP contribution is -1.97. The maximum absolute atomic E-state index is 11.7. The number of fused-ring (bicyclic) bond motifs is 1. The molecule has 0 spiro atoms. The molecule has 0 fully saturated rings. The maximum Gasteiger partial charge on any atom is 0.163 e. The van der Waals surface area contributed by atoms with Crippen molar-refractivity contribution in [3.05, 3.63) is 47.0 Å². The monoisotopic (exact) mass is 218 g/mol. The van der Waals surface area contributed by atoms with Gasteiger partial charge < -0.3 is 0 Å². The number of hydrogen-bond acceptors (Lipinski definition) is 1. The highest BCUT2D eigenvalue weighted by atomic mass is 35.5. The Morgan fingerprint density at radius 2 is 1.80 bits per heavy atom. The fourth-order valence-electron chi connectivity index (χ4n) is 1.71. The molecule has 0 saturated carbocycles. The van der Waals surface area contributed by atoms with E-state index in [-0.39, 0.29) is 5.78 Å². The van der Waals surface area contributed by atoms with Crippen LogP contribution in [0.25, 0.3) is 10.8 Å². The van der Waals surface area contributed by atoms with Crippen LogP contribution < -0.4 is 0 Å². The second-order valence-electron chi connectivity index (χ2n) is 3.42. The van der Waals surface area contributed by atoms with Crippen molar-refractivity contribution in [1.82, 2.24) is 0 Å². The first kappa shape index (κ1) is 10.2. The summed E-state index contributed by atoms with van der Waals surface area (Å²) in [5.74, 6) is 0.155. The van der Waals surface area contributed by atoms with Crippen LogP contribution in [-0.4, -0.2) is 5.78 Å². The van der Waals surface area contributed by atoms with E-state index < -0.39 is 0 Å². The van der Waals surface area contributed by atoms with Crippen LogP contribution >= 0.6 is 11.6 Å². The molecule has 0 atom stereocenters. The van der Waals surface area contributed by atoms with Gasteiger partial charge in [-0.05, 0) is 11.5 Å². The lowest BCUT2D eigenvalue weighted by molar-refractivity contribution is 0.0990. The van der Waals surface area contributed by atoms with Crippen molar-refractivity contribution in [1.29, 1.82) is 0 Å². The van der Waals surface area contributed by atoms with Crippen molar-refractivity contribution in [2.45, 2.75) is 13.3 Å². The zero-order valence-electron chi connectivity index (χ0n) is 8.46. The summed E-state index contributed by atoms with van der Waals surface area (Å²) in [6.45, 7) is 1.87. The molecule has 2 heteroatoms. The predicted octanol–water partition coefficient (Wildman–Crippen LogP) is 4.09. The van der Waals surface area contributed by atoms with E-state index in [1.807, 2.05) is 43.3 Å². The van der Waals surface area contributed by atoms with Gasteiger partial charge in [0.05, 0.1) is 0 Å². The number of hydrogen-bond donors (Lipinski definition) is 0. The largest absolute Gasteiger partial charge is 0.294 e. The van der Waals surface area contributed by atoms with Crippen LogP contribution in [-0.2, 0) is 0 Å². The third kappa shape index (κ3) is 1.75. The Kier molecular flexibility index (Phi) is 2.74. The van der Waals surface area contributed by atoms with Crippen molar-refractivity contribution < 1.29 is 4.79 Å². The first-order valence-electron chi connectivity index (χ1n) is 4.94. The van der Waals surface area contributed by atoms with Crippen molar-refractivity contribution in [3.8, 4) is 0 Å². The Hall–Kier alpha value is -1.34. The van der Waals surface area contributed by atoms with E-state index in [1.165, 1.54) is 0 Å². The van der Waals surface area contributed by atoms with Gasteiger partial charge in [-0.3, -0.25) is 4.79 Å². The van der Waals surface area contributed by atoms with Crippen LogP contribution in [0.5, 0.6) is 0 Å². The van der Waals surface area contributed by atoms with Crippen molar-refractivity contribution in [2.75, 3.05) is 0 Å². The van der Waals surface area contributed by atoms with Gasteiger partial charge in [-0.2, -0.15) is 0 Å². The van der Waals surface area contributed by atoms with Gasteiger partial charge in [0.2, 0.25) is 0 Å². The molecular formula is C13H11ClO. The molecule has 0 aliphatic carbocycles. The Bertz CT molecular complexity index is 517. The molecule has 2 aromatic rings. The molecule has 2 rings (SSSR count). The average Bonchev–Trinajstić information content (AvgIpc) is 2.28. The smallest absolute Gasteiger partial charge is 0.163 e. The molecule has 0 aliphatic rings. The molecule has 0 N–H and O–H groups in total. The molecular weight excluding hydrogens is 208 g/mol. The molecule has 0 aliphatic heterocycles. The summed E-state index contributed by atoms with van der Waals surface area (Å²) in [5.41, 5.74) is 0.762. The Morgan fingerprint density at radius 1 is 1.13 bits per heavy atom. The average molecular weight is 219 g/mol.